The van der Waals surface area contributed by atoms with Gasteiger partial charge in [-0.2, -0.15) is 13.2 Å². The average Bonchev–Trinajstić information content (AvgIpc) is 3.48. The molecule has 1 saturated heterocycles. The molecule has 192 valence electrons. The van der Waals surface area contributed by atoms with Crippen LogP contribution >= 0.6 is 0 Å². The Balaban J connectivity index is 1.24. The summed E-state index contributed by atoms with van der Waals surface area (Å²) < 4.78 is 45.7. The molecule has 35 heavy (non-hydrogen) atoms. The van der Waals surface area contributed by atoms with Gasteiger partial charge >= 0.3 is 12.2 Å². The molecular weight excluding hydrogens is 467 g/mol. The highest BCUT2D eigenvalue weighted by molar-refractivity contribution is 5.89. The van der Waals surface area contributed by atoms with E-state index in [1.54, 1.807) is 10.9 Å². The third-order valence-electron chi connectivity index (χ3n) is 6.71. The number of hydrogen-bond donors (Lipinski definition) is 4. The van der Waals surface area contributed by atoms with Crippen LogP contribution in [0.3, 0.4) is 0 Å². The average molecular weight is 498 g/mol. The van der Waals surface area contributed by atoms with Gasteiger partial charge in [0.2, 0.25) is 0 Å². The number of aliphatic hydroxyl groups excluding tert-OH is 1. The second-order valence-corrected chi connectivity index (χ2v) is 9.23. The van der Waals surface area contributed by atoms with E-state index in [0.717, 1.165) is 25.0 Å². The van der Waals surface area contributed by atoms with E-state index >= 15 is 0 Å². The summed E-state index contributed by atoms with van der Waals surface area (Å²) in [5.74, 6) is 0. The van der Waals surface area contributed by atoms with Crippen molar-refractivity contribution >= 4 is 11.7 Å². The lowest BCUT2D eigenvalue weighted by molar-refractivity contribution is -0.137. The Morgan fingerprint density at radius 3 is 2.57 bits per heavy atom. The quantitative estimate of drug-likeness (QED) is 0.466. The Morgan fingerprint density at radius 1 is 1.20 bits per heavy atom. The van der Waals surface area contributed by atoms with Crippen LogP contribution in [0.4, 0.5) is 23.7 Å². The number of nitrogens with zero attached hydrogens (tertiary/aromatic N) is 3. The molecule has 1 aliphatic heterocycles. The first kappa shape index (κ1) is 25.4. The van der Waals surface area contributed by atoms with Gasteiger partial charge in [-0.1, -0.05) is 18.1 Å². The smallest absolute Gasteiger partial charge is 0.394 e. The highest BCUT2D eigenvalue weighted by Crippen LogP contribution is 2.37. The molecule has 1 aliphatic carbocycles. The Hall–Kier alpha value is -2.70. The normalized spacial score (nSPS) is 24.3. The number of carbonyl (C=O) groups excluding carboxylic acids is 1. The van der Waals surface area contributed by atoms with Crippen molar-refractivity contribution in [2.75, 3.05) is 11.9 Å². The molecule has 0 spiro atoms. The van der Waals surface area contributed by atoms with Gasteiger partial charge in [0.15, 0.2) is 0 Å². The van der Waals surface area contributed by atoms with Crippen molar-refractivity contribution in [1.82, 2.24) is 20.3 Å². The van der Waals surface area contributed by atoms with Gasteiger partial charge in [0.05, 0.1) is 30.5 Å². The van der Waals surface area contributed by atoms with Gasteiger partial charge < -0.3 is 25.6 Å². The van der Waals surface area contributed by atoms with Crippen LogP contribution in [0.5, 0.6) is 0 Å². The summed E-state index contributed by atoms with van der Waals surface area (Å²) in [6.45, 7) is 0.251. The zero-order valence-corrected chi connectivity index (χ0v) is 19.2. The molecular formula is C23H30F3N5O4. The fourth-order valence-corrected chi connectivity index (χ4v) is 4.70. The summed E-state index contributed by atoms with van der Waals surface area (Å²) in [6, 6.07) is 3.12. The number of amides is 2. The van der Waals surface area contributed by atoms with Crippen molar-refractivity contribution in [2.24, 2.45) is 0 Å². The van der Waals surface area contributed by atoms with Gasteiger partial charge in [-0.15, -0.1) is 5.10 Å². The van der Waals surface area contributed by atoms with Crippen LogP contribution in [-0.2, 0) is 23.1 Å². The maximum Gasteiger partial charge on any atom is 0.416 e. The number of aryl methyl sites for hydroxylation is 1. The number of carbonyl (C=O) groups is 1. The van der Waals surface area contributed by atoms with Crippen LogP contribution in [0.25, 0.3) is 0 Å². The summed E-state index contributed by atoms with van der Waals surface area (Å²) >= 11 is 0. The van der Waals surface area contributed by atoms with Crippen LogP contribution in [0.2, 0.25) is 0 Å². The Labute approximate surface area is 200 Å². The molecule has 0 bridgehead atoms. The molecule has 12 heteroatoms. The summed E-state index contributed by atoms with van der Waals surface area (Å²) in [4.78, 5) is 12.3. The van der Waals surface area contributed by atoms with E-state index in [4.69, 9.17) is 4.74 Å². The zero-order chi connectivity index (χ0) is 25.1. The molecule has 2 amide bonds. The molecule has 4 N–H and O–H groups in total. The number of nitrogens with one attached hydrogen (secondary N) is 2. The first-order valence-electron chi connectivity index (χ1n) is 11.8. The third kappa shape index (κ3) is 6.30. The van der Waals surface area contributed by atoms with Crippen LogP contribution in [0, 0.1) is 0 Å². The van der Waals surface area contributed by atoms with E-state index in [0.29, 0.717) is 44.3 Å². The summed E-state index contributed by atoms with van der Waals surface area (Å²) in [5, 5.41) is 33.9. The molecule has 1 saturated carbocycles. The number of anilines is 1. The Bertz CT molecular complexity index is 992. The minimum Gasteiger partial charge on any atom is -0.394 e. The molecule has 9 nitrogen and oxygen atoms in total. The maximum atomic E-state index is 12.7. The lowest BCUT2D eigenvalue weighted by Gasteiger charge is -2.36. The third-order valence-corrected chi connectivity index (χ3v) is 6.71. The molecule has 3 atom stereocenters. The molecule has 2 aromatic rings. The monoisotopic (exact) mass is 497 g/mol. The van der Waals surface area contributed by atoms with Crippen LogP contribution in [0.15, 0.2) is 30.5 Å². The van der Waals surface area contributed by atoms with Crippen molar-refractivity contribution in [3.8, 4) is 0 Å². The van der Waals surface area contributed by atoms with Gasteiger partial charge in [0.25, 0.3) is 0 Å². The van der Waals surface area contributed by atoms with E-state index in [2.05, 4.69) is 20.9 Å². The lowest BCUT2D eigenvalue weighted by atomic mass is 9.97. The first-order valence-corrected chi connectivity index (χ1v) is 11.8. The van der Waals surface area contributed by atoms with Gasteiger partial charge in [0, 0.05) is 12.2 Å². The Kier molecular flexibility index (Phi) is 7.62. The van der Waals surface area contributed by atoms with Crippen molar-refractivity contribution < 1.29 is 32.9 Å². The number of rotatable bonds is 7. The fourth-order valence-electron chi connectivity index (χ4n) is 4.70. The highest BCUT2D eigenvalue weighted by atomic mass is 19.4. The molecule has 1 aromatic heterocycles. The number of alkyl halides is 3. The molecule has 1 aromatic carbocycles. The second kappa shape index (κ2) is 10.5. The van der Waals surface area contributed by atoms with Crippen LogP contribution in [-0.4, -0.2) is 56.1 Å². The topological polar surface area (TPSA) is 122 Å². The van der Waals surface area contributed by atoms with Crippen LogP contribution < -0.4 is 10.6 Å². The Morgan fingerprint density at radius 2 is 1.91 bits per heavy atom. The molecule has 0 radical (unpaired) electrons. The maximum absolute atomic E-state index is 12.7. The summed E-state index contributed by atoms with van der Waals surface area (Å²) in [5.41, 5.74) is -0.871. The van der Waals surface area contributed by atoms with E-state index in [9.17, 15) is 28.2 Å². The first-order chi connectivity index (χ1) is 16.7. The molecule has 2 heterocycles. The van der Waals surface area contributed by atoms with Gasteiger partial charge in [-0.05, 0) is 56.4 Å². The van der Waals surface area contributed by atoms with E-state index in [-0.39, 0.29) is 18.4 Å². The standard InChI is InChI=1S/C23H30F3N5O4/c24-23(25,26)15-3-5-16(6-4-15)27-21(33)28-18-8-7-17(35-19(18)14-32)9-12-31-13-20(29-30-31)22(34)10-1-2-11-22/h3-6,13,17-19,32,34H,1-2,7-12,14H2,(H2,27,28,33)/t17-,18+,19+/m0/s1. The number of halogens is 3. The zero-order valence-electron chi connectivity index (χ0n) is 19.2. The molecule has 0 unspecified atom stereocenters. The molecule has 2 aliphatic rings. The van der Waals surface area contributed by atoms with E-state index < -0.39 is 35.5 Å². The predicted octanol–water partition coefficient (Wildman–Crippen LogP) is 3.18. The van der Waals surface area contributed by atoms with Crippen LogP contribution in [0.1, 0.15) is 56.2 Å². The fraction of sp³-hybridized carbons (Fsp3) is 0.609. The lowest BCUT2D eigenvalue weighted by Crippen LogP contribution is -2.52. The number of aliphatic hydroxyl groups is 2. The summed E-state index contributed by atoms with van der Waals surface area (Å²) in [6.07, 6.45) is 1.73. The largest absolute Gasteiger partial charge is 0.416 e. The van der Waals surface area contributed by atoms with Crippen molar-refractivity contribution in [1.29, 1.82) is 0 Å². The number of ether oxygens (including phenoxy) is 1. The SMILES string of the molecule is O=C(Nc1ccc(C(F)(F)F)cc1)N[C@@H]1CC[C@@H](CCn2cc(C3(O)CCCC3)nn2)O[C@@H]1CO. The minimum absolute atomic E-state index is 0.148. The number of aromatic nitrogens is 3. The van der Waals surface area contributed by atoms with Gasteiger partial charge in [-0.3, -0.25) is 4.68 Å². The highest BCUT2D eigenvalue weighted by Gasteiger charge is 2.36. The number of benzene rings is 1. The van der Waals surface area contributed by atoms with Gasteiger partial charge in [0.1, 0.15) is 17.4 Å². The molecule has 4 rings (SSSR count). The number of urea groups is 1. The number of hydrogen-bond acceptors (Lipinski definition) is 6. The summed E-state index contributed by atoms with van der Waals surface area (Å²) in [7, 11) is 0. The van der Waals surface area contributed by atoms with Crippen molar-refractivity contribution in [3.05, 3.63) is 41.7 Å². The van der Waals surface area contributed by atoms with Crippen molar-refractivity contribution in [2.45, 2.75) is 81.5 Å². The predicted molar refractivity (Wildman–Crippen MR) is 119 cm³/mol. The molecule has 2 fully saturated rings. The minimum atomic E-state index is -4.45. The van der Waals surface area contributed by atoms with Gasteiger partial charge in [-0.25, -0.2) is 4.79 Å². The van der Waals surface area contributed by atoms with E-state index in [1.807, 2.05) is 0 Å². The van der Waals surface area contributed by atoms with Crippen molar-refractivity contribution in [3.63, 3.8) is 0 Å². The second-order valence-electron chi connectivity index (χ2n) is 9.23. The van der Waals surface area contributed by atoms with E-state index in [1.165, 1.54) is 12.1 Å².